The third-order valence-corrected chi connectivity index (χ3v) is 2.44. The fraction of sp³-hybridized carbons (Fsp3) is 0.250. The first kappa shape index (κ1) is 15.0. The molecule has 0 unspecified atom stereocenters. The highest BCUT2D eigenvalue weighted by Gasteiger charge is 2.18. The molecular formula is C12H14FN3O2S. The maximum atomic E-state index is 12.7. The molecule has 5 nitrogen and oxygen atoms in total. The van der Waals surface area contributed by atoms with E-state index in [0.29, 0.717) is 0 Å². The predicted molar refractivity (Wildman–Crippen MR) is 72.7 cm³/mol. The SMILES string of the molecule is CN(Cc1ccc(F)cc1)C(=O)C(=O)NCC(N)=S. The standard InChI is InChI=1S/C12H14FN3O2S/c1-16(7-8-2-4-9(13)5-3-8)12(18)11(17)15-6-10(14)19/h2-5H,6-7H2,1H3,(H2,14,19)(H,15,17). The lowest BCUT2D eigenvalue weighted by atomic mass is 10.2. The molecule has 0 atom stereocenters. The molecular weight excluding hydrogens is 269 g/mol. The molecule has 0 aromatic heterocycles. The van der Waals surface area contributed by atoms with Gasteiger partial charge in [-0.15, -0.1) is 0 Å². The molecule has 2 amide bonds. The summed E-state index contributed by atoms with van der Waals surface area (Å²) in [6.07, 6.45) is 0. The molecule has 0 radical (unpaired) electrons. The lowest BCUT2D eigenvalue weighted by Gasteiger charge is -2.16. The van der Waals surface area contributed by atoms with Gasteiger partial charge in [-0.1, -0.05) is 24.4 Å². The zero-order valence-electron chi connectivity index (χ0n) is 10.4. The molecule has 0 heterocycles. The Morgan fingerprint density at radius 1 is 1.37 bits per heavy atom. The zero-order valence-corrected chi connectivity index (χ0v) is 11.2. The first-order valence-electron chi connectivity index (χ1n) is 5.46. The molecule has 1 aromatic carbocycles. The smallest absolute Gasteiger partial charge is 0.311 e. The summed E-state index contributed by atoms with van der Waals surface area (Å²) in [5.74, 6) is -1.84. The molecule has 7 heteroatoms. The Labute approximate surface area is 115 Å². The molecule has 1 aromatic rings. The maximum Gasteiger partial charge on any atom is 0.311 e. The number of benzene rings is 1. The largest absolute Gasteiger partial charge is 0.392 e. The molecule has 19 heavy (non-hydrogen) atoms. The summed E-state index contributed by atoms with van der Waals surface area (Å²) >= 11 is 4.59. The van der Waals surface area contributed by atoms with Crippen LogP contribution in [0, 0.1) is 5.82 Å². The van der Waals surface area contributed by atoms with Crippen LogP contribution in [0.4, 0.5) is 4.39 Å². The first-order valence-corrected chi connectivity index (χ1v) is 5.87. The molecule has 0 saturated carbocycles. The number of halogens is 1. The van der Waals surface area contributed by atoms with Crippen molar-refractivity contribution < 1.29 is 14.0 Å². The topological polar surface area (TPSA) is 75.4 Å². The number of thiocarbonyl (C=S) groups is 1. The number of rotatable bonds is 4. The highest BCUT2D eigenvalue weighted by Crippen LogP contribution is 2.05. The molecule has 0 aliphatic carbocycles. The van der Waals surface area contributed by atoms with Gasteiger partial charge in [0.1, 0.15) is 5.82 Å². The minimum absolute atomic E-state index is 0.0235. The van der Waals surface area contributed by atoms with Crippen LogP contribution < -0.4 is 11.1 Å². The number of likely N-dealkylation sites (N-methyl/N-ethyl adjacent to an activating group) is 1. The number of nitrogens with two attached hydrogens (primary N) is 1. The van der Waals surface area contributed by atoms with E-state index in [2.05, 4.69) is 17.5 Å². The average molecular weight is 283 g/mol. The molecule has 0 aliphatic rings. The van der Waals surface area contributed by atoms with Crippen LogP contribution in [0.3, 0.4) is 0 Å². The van der Waals surface area contributed by atoms with Gasteiger partial charge in [-0.25, -0.2) is 4.39 Å². The minimum atomic E-state index is -0.780. The molecule has 0 fully saturated rings. The van der Waals surface area contributed by atoms with Gasteiger partial charge in [-0.05, 0) is 17.7 Å². The van der Waals surface area contributed by atoms with Crippen LogP contribution in [0.2, 0.25) is 0 Å². The second-order valence-corrected chi connectivity index (χ2v) is 4.46. The van der Waals surface area contributed by atoms with Crippen LogP contribution in [-0.2, 0) is 16.1 Å². The van der Waals surface area contributed by atoms with Crippen LogP contribution >= 0.6 is 12.2 Å². The third kappa shape index (κ3) is 5.01. The van der Waals surface area contributed by atoms with E-state index in [0.717, 1.165) is 5.56 Å². The fourth-order valence-electron chi connectivity index (χ4n) is 1.35. The van der Waals surface area contributed by atoms with Crippen molar-refractivity contribution in [1.82, 2.24) is 10.2 Å². The van der Waals surface area contributed by atoms with Gasteiger partial charge in [-0.3, -0.25) is 9.59 Å². The molecule has 0 aliphatic heterocycles. The second-order valence-electron chi connectivity index (χ2n) is 3.94. The Morgan fingerprint density at radius 2 is 1.95 bits per heavy atom. The van der Waals surface area contributed by atoms with Gasteiger partial charge in [0.25, 0.3) is 0 Å². The van der Waals surface area contributed by atoms with Gasteiger partial charge in [0.15, 0.2) is 0 Å². The molecule has 1 rings (SSSR count). The lowest BCUT2D eigenvalue weighted by Crippen LogP contribution is -2.43. The zero-order chi connectivity index (χ0) is 14.4. The van der Waals surface area contributed by atoms with Crippen molar-refractivity contribution in [1.29, 1.82) is 0 Å². The Hall–Kier alpha value is -2.02. The van der Waals surface area contributed by atoms with Crippen LogP contribution in [0.5, 0.6) is 0 Å². The summed E-state index contributed by atoms with van der Waals surface area (Å²) in [5.41, 5.74) is 5.93. The number of hydrogen-bond acceptors (Lipinski definition) is 3. The number of carbonyl (C=O) groups excluding carboxylic acids is 2. The average Bonchev–Trinajstić information content (AvgIpc) is 2.37. The number of carbonyl (C=O) groups is 2. The van der Waals surface area contributed by atoms with Crippen molar-refractivity contribution in [2.24, 2.45) is 5.73 Å². The number of amides is 2. The van der Waals surface area contributed by atoms with Gasteiger partial charge in [0.05, 0.1) is 11.5 Å². The summed E-state index contributed by atoms with van der Waals surface area (Å²) < 4.78 is 12.7. The minimum Gasteiger partial charge on any atom is -0.392 e. The van der Waals surface area contributed by atoms with Gasteiger partial charge in [0, 0.05) is 13.6 Å². The normalized spacial score (nSPS) is 9.79. The summed E-state index contributed by atoms with van der Waals surface area (Å²) in [4.78, 5) is 24.5. The van der Waals surface area contributed by atoms with Gasteiger partial charge in [0.2, 0.25) is 0 Å². The Morgan fingerprint density at radius 3 is 2.47 bits per heavy atom. The van der Waals surface area contributed by atoms with E-state index >= 15 is 0 Å². The lowest BCUT2D eigenvalue weighted by molar-refractivity contribution is -0.145. The van der Waals surface area contributed by atoms with Crippen molar-refractivity contribution in [3.05, 3.63) is 35.6 Å². The third-order valence-electron chi connectivity index (χ3n) is 2.30. The molecule has 0 bridgehead atoms. The highest BCUT2D eigenvalue weighted by molar-refractivity contribution is 7.80. The fourth-order valence-corrected chi connectivity index (χ4v) is 1.42. The Balaban J connectivity index is 2.54. The van der Waals surface area contributed by atoms with Crippen molar-refractivity contribution in [3.8, 4) is 0 Å². The maximum absolute atomic E-state index is 12.7. The Bertz CT molecular complexity index is 490. The summed E-state index contributed by atoms with van der Waals surface area (Å²) in [6.45, 7) is 0.184. The first-order chi connectivity index (χ1) is 8.90. The van der Waals surface area contributed by atoms with Crippen LogP contribution in [-0.4, -0.2) is 35.3 Å². The van der Waals surface area contributed by atoms with E-state index in [1.54, 1.807) is 12.1 Å². The number of hydrogen-bond donors (Lipinski definition) is 2. The van der Waals surface area contributed by atoms with Crippen LogP contribution in [0.25, 0.3) is 0 Å². The van der Waals surface area contributed by atoms with E-state index in [9.17, 15) is 14.0 Å². The highest BCUT2D eigenvalue weighted by atomic mass is 32.1. The van der Waals surface area contributed by atoms with E-state index in [-0.39, 0.29) is 23.9 Å². The molecule has 3 N–H and O–H groups in total. The van der Waals surface area contributed by atoms with Crippen LogP contribution in [0.1, 0.15) is 5.56 Å². The Kier molecular flexibility index (Phi) is 5.37. The van der Waals surface area contributed by atoms with Crippen molar-refractivity contribution in [3.63, 3.8) is 0 Å². The predicted octanol–water partition coefficient (Wildman–Crippen LogP) is 0.186. The van der Waals surface area contributed by atoms with Crippen molar-refractivity contribution in [2.75, 3.05) is 13.6 Å². The van der Waals surface area contributed by atoms with Gasteiger partial charge < -0.3 is 16.0 Å². The number of nitrogens with one attached hydrogen (secondary N) is 1. The van der Waals surface area contributed by atoms with Gasteiger partial charge in [-0.2, -0.15) is 0 Å². The van der Waals surface area contributed by atoms with Crippen molar-refractivity contribution in [2.45, 2.75) is 6.54 Å². The van der Waals surface area contributed by atoms with Gasteiger partial charge >= 0.3 is 11.8 Å². The van der Waals surface area contributed by atoms with E-state index in [1.807, 2.05) is 0 Å². The van der Waals surface area contributed by atoms with Crippen LogP contribution in [0.15, 0.2) is 24.3 Å². The van der Waals surface area contributed by atoms with E-state index in [4.69, 9.17) is 5.73 Å². The summed E-state index contributed by atoms with van der Waals surface area (Å²) in [5, 5.41) is 2.30. The quantitative estimate of drug-likeness (QED) is 0.611. The van der Waals surface area contributed by atoms with E-state index < -0.39 is 11.8 Å². The molecule has 0 saturated heterocycles. The van der Waals surface area contributed by atoms with Crippen molar-refractivity contribution >= 4 is 29.0 Å². The summed E-state index contributed by atoms with van der Waals surface area (Å²) in [6, 6.07) is 5.68. The monoisotopic (exact) mass is 283 g/mol. The number of nitrogens with zero attached hydrogens (tertiary/aromatic N) is 1. The van der Waals surface area contributed by atoms with E-state index in [1.165, 1.54) is 24.1 Å². The summed E-state index contributed by atoms with van der Waals surface area (Å²) in [7, 11) is 1.48. The molecule has 0 spiro atoms. The second kappa shape index (κ2) is 6.79. The molecule has 102 valence electrons.